The molecule has 0 fully saturated rings. The molecule has 0 spiro atoms. The second kappa shape index (κ2) is 6.87. The van der Waals surface area contributed by atoms with Gasteiger partial charge >= 0.3 is 0 Å². The largest absolute Gasteiger partial charge is 0.326 e. The number of aryl methyl sites for hydroxylation is 2. The van der Waals surface area contributed by atoms with Crippen LogP contribution in [0, 0.1) is 6.92 Å². The second-order valence-electron chi connectivity index (χ2n) is 4.88. The van der Waals surface area contributed by atoms with Gasteiger partial charge in [-0.3, -0.25) is 4.79 Å². The van der Waals surface area contributed by atoms with Crippen molar-refractivity contribution in [3.05, 3.63) is 65.2 Å². The molecule has 0 saturated heterocycles. The molecule has 0 aliphatic rings. The third kappa shape index (κ3) is 3.93. The number of carbonyl (C=O) groups excluding carboxylic acids is 1. The summed E-state index contributed by atoms with van der Waals surface area (Å²) in [7, 11) is 0. The van der Waals surface area contributed by atoms with E-state index in [2.05, 4.69) is 24.4 Å². The fourth-order valence-corrected chi connectivity index (χ4v) is 2.09. The summed E-state index contributed by atoms with van der Waals surface area (Å²) in [5.41, 5.74) is 9.87. The van der Waals surface area contributed by atoms with E-state index in [0.29, 0.717) is 13.0 Å². The maximum Gasteiger partial charge on any atom is 0.224 e. The molecule has 1 amide bonds. The van der Waals surface area contributed by atoms with Gasteiger partial charge < -0.3 is 11.1 Å². The van der Waals surface area contributed by atoms with Crippen molar-refractivity contribution < 1.29 is 4.79 Å². The lowest BCUT2D eigenvalue weighted by molar-refractivity contribution is -0.116. The van der Waals surface area contributed by atoms with Gasteiger partial charge in [-0.15, -0.1) is 0 Å². The number of carbonyl (C=O) groups is 1. The van der Waals surface area contributed by atoms with Crippen LogP contribution in [0.4, 0.5) is 5.69 Å². The summed E-state index contributed by atoms with van der Waals surface area (Å²) in [6.07, 6.45) is 1.25. The third-order valence-electron chi connectivity index (χ3n) is 3.36. The average Bonchev–Trinajstić information content (AvgIpc) is 2.47. The molecule has 2 aromatic carbocycles. The van der Waals surface area contributed by atoms with Crippen molar-refractivity contribution in [3.63, 3.8) is 0 Å². The van der Waals surface area contributed by atoms with Crippen LogP contribution in [0.2, 0.25) is 0 Å². The standard InChI is InChI=1S/C17H20N2O/c1-13-4-2-3-5-15(13)8-11-17(20)19-16-9-6-14(12-18)7-10-16/h2-7,9-10H,8,11-12,18H2,1H3,(H,19,20). The van der Waals surface area contributed by atoms with E-state index in [4.69, 9.17) is 5.73 Å². The van der Waals surface area contributed by atoms with Crippen LogP contribution in [0.5, 0.6) is 0 Å². The number of hydrogen-bond donors (Lipinski definition) is 2. The van der Waals surface area contributed by atoms with Crippen LogP contribution >= 0.6 is 0 Å². The van der Waals surface area contributed by atoms with Crippen LogP contribution in [-0.4, -0.2) is 5.91 Å². The van der Waals surface area contributed by atoms with Crippen LogP contribution in [0.25, 0.3) is 0 Å². The van der Waals surface area contributed by atoms with Gasteiger partial charge in [0, 0.05) is 18.7 Å². The smallest absolute Gasteiger partial charge is 0.224 e. The molecule has 0 radical (unpaired) electrons. The molecule has 0 aliphatic heterocycles. The number of anilines is 1. The lowest BCUT2D eigenvalue weighted by Crippen LogP contribution is -2.12. The summed E-state index contributed by atoms with van der Waals surface area (Å²) in [5, 5.41) is 2.90. The lowest BCUT2D eigenvalue weighted by Gasteiger charge is -2.07. The van der Waals surface area contributed by atoms with E-state index in [1.807, 2.05) is 36.4 Å². The molecule has 0 heterocycles. The van der Waals surface area contributed by atoms with Crippen molar-refractivity contribution in [1.29, 1.82) is 0 Å². The molecule has 2 aromatic rings. The number of nitrogens with two attached hydrogens (primary N) is 1. The molecule has 0 bridgehead atoms. The number of rotatable bonds is 5. The van der Waals surface area contributed by atoms with Gasteiger partial charge in [0.2, 0.25) is 5.91 Å². The minimum Gasteiger partial charge on any atom is -0.326 e. The normalized spacial score (nSPS) is 10.3. The Morgan fingerprint density at radius 3 is 2.45 bits per heavy atom. The molecule has 104 valence electrons. The maximum atomic E-state index is 11.9. The Balaban J connectivity index is 1.87. The quantitative estimate of drug-likeness (QED) is 0.875. The zero-order chi connectivity index (χ0) is 14.4. The maximum absolute atomic E-state index is 11.9. The summed E-state index contributed by atoms with van der Waals surface area (Å²) in [5.74, 6) is 0.0359. The average molecular weight is 268 g/mol. The van der Waals surface area contributed by atoms with Crippen molar-refractivity contribution in [1.82, 2.24) is 0 Å². The molecule has 2 rings (SSSR count). The Morgan fingerprint density at radius 2 is 1.80 bits per heavy atom. The molecule has 20 heavy (non-hydrogen) atoms. The molecule has 0 saturated carbocycles. The molecular weight excluding hydrogens is 248 g/mol. The molecule has 3 N–H and O–H groups in total. The molecule has 0 unspecified atom stereocenters. The van der Waals surface area contributed by atoms with Crippen LogP contribution in [0.3, 0.4) is 0 Å². The van der Waals surface area contributed by atoms with E-state index in [1.165, 1.54) is 11.1 Å². The predicted molar refractivity (Wildman–Crippen MR) is 82.5 cm³/mol. The molecule has 0 atom stereocenters. The Morgan fingerprint density at radius 1 is 1.10 bits per heavy atom. The Kier molecular flexibility index (Phi) is 4.91. The monoisotopic (exact) mass is 268 g/mol. The van der Waals surface area contributed by atoms with Crippen molar-refractivity contribution in [2.24, 2.45) is 5.73 Å². The first kappa shape index (κ1) is 14.3. The second-order valence-corrected chi connectivity index (χ2v) is 4.88. The molecular formula is C17H20N2O. The molecule has 0 aliphatic carbocycles. The topological polar surface area (TPSA) is 55.1 Å². The Hall–Kier alpha value is -2.13. The number of nitrogens with one attached hydrogen (secondary N) is 1. The van der Waals surface area contributed by atoms with Gasteiger partial charge in [0.25, 0.3) is 0 Å². The highest BCUT2D eigenvalue weighted by Gasteiger charge is 2.04. The van der Waals surface area contributed by atoms with Gasteiger partial charge in [-0.2, -0.15) is 0 Å². The van der Waals surface area contributed by atoms with Gasteiger partial charge in [0.05, 0.1) is 0 Å². The van der Waals surface area contributed by atoms with Crippen LogP contribution in [0.15, 0.2) is 48.5 Å². The fraction of sp³-hybridized carbons (Fsp3) is 0.235. The summed E-state index contributed by atoms with van der Waals surface area (Å²) < 4.78 is 0. The SMILES string of the molecule is Cc1ccccc1CCC(=O)Nc1ccc(CN)cc1. The van der Waals surface area contributed by atoms with Crippen molar-refractivity contribution >= 4 is 11.6 Å². The Bertz CT molecular complexity index is 576. The van der Waals surface area contributed by atoms with E-state index < -0.39 is 0 Å². The Labute approximate surface area is 119 Å². The molecule has 0 aromatic heterocycles. The number of hydrogen-bond acceptors (Lipinski definition) is 2. The molecule has 3 nitrogen and oxygen atoms in total. The molecule has 3 heteroatoms. The van der Waals surface area contributed by atoms with Gasteiger partial charge in [0.15, 0.2) is 0 Å². The lowest BCUT2D eigenvalue weighted by atomic mass is 10.0. The first-order valence-electron chi connectivity index (χ1n) is 6.82. The summed E-state index contributed by atoms with van der Waals surface area (Å²) in [6.45, 7) is 2.58. The number of amides is 1. The highest BCUT2D eigenvalue weighted by molar-refractivity contribution is 5.90. The van der Waals surface area contributed by atoms with Gasteiger partial charge in [-0.1, -0.05) is 36.4 Å². The minimum absolute atomic E-state index is 0.0359. The van der Waals surface area contributed by atoms with Crippen molar-refractivity contribution in [3.8, 4) is 0 Å². The van der Waals surface area contributed by atoms with Crippen LogP contribution in [0.1, 0.15) is 23.1 Å². The zero-order valence-electron chi connectivity index (χ0n) is 11.7. The van der Waals surface area contributed by atoms with E-state index in [0.717, 1.165) is 17.7 Å². The minimum atomic E-state index is 0.0359. The van der Waals surface area contributed by atoms with E-state index in [1.54, 1.807) is 0 Å². The van der Waals surface area contributed by atoms with Crippen LogP contribution in [-0.2, 0) is 17.8 Å². The summed E-state index contributed by atoms with van der Waals surface area (Å²) in [4.78, 5) is 11.9. The summed E-state index contributed by atoms with van der Waals surface area (Å²) >= 11 is 0. The summed E-state index contributed by atoms with van der Waals surface area (Å²) in [6, 6.07) is 15.8. The zero-order valence-corrected chi connectivity index (χ0v) is 11.7. The van der Waals surface area contributed by atoms with Crippen molar-refractivity contribution in [2.45, 2.75) is 26.3 Å². The third-order valence-corrected chi connectivity index (χ3v) is 3.36. The highest BCUT2D eigenvalue weighted by Crippen LogP contribution is 2.12. The number of benzene rings is 2. The van der Waals surface area contributed by atoms with Gasteiger partial charge in [-0.05, 0) is 42.2 Å². The predicted octanol–water partition coefficient (Wildman–Crippen LogP) is 3.03. The van der Waals surface area contributed by atoms with Crippen LogP contribution < -0.4 is 11.1 Å². The highest BCUT2D eigenvalue weighted by atomic mass is 16.1. The van der Waals surface area contributed by atoms with Gasteiger partial charge in [0.1, 0.15) is 0 Å². The first-order valence-corrected chi connectivity index (χ1v) is 6.82. The van der Waals surface area contributed by atoms with Gasteiger partial charge in [-0.25, -0.2) is 0 Å². The fourth-order valence-electron chi connectivity index (χ4n) is 2.09. The van der Waals surface area contributed by atoms with Crippen molar-refractivity contribution in [2.75, 3.05) is 5.32 Å². The van der Waals surface area contributed by atoms with E-state index >= 15 is 0 Å². The first-order chi connectivity index (χ1) is 9.69. The van der Waals surface area contributed by atoms with E-state index in [-0.39, 0.29) is 5.91 Å². The van der Waals surface area contributed by atoms with E-state index in [9.17, 15) is 4.79 Å².